The molecule has 1 amide bonds. The Balaban J connectivity index is 1.44. The maximum absolute atomic E-state index is 13.0. The van der Waals surface area contributed by atoms with Crippen LogP contribution in [-0.4, -0.2) is 58.9 Å². The number of amides is 1. The Morgan fingerprint density at radius 3 is 3.14 bits per heavy atom. The van der Waals surface area contributed by atoms with Crippen LogP contribution in [0.15, 0.2) is 18.7 Å². The molecule has 4 heterocycles. The summed E-state index contributed by atoms with van der Waals surface area (Å²) in [7, 11) is 0. The van der Waals surface area contributed by atoms with E-state index < -0.39 is 0 Å². The van der Waals surface area contributed by atoms with Crippen molar-refractivity contribution in [3.63, 3.8) is 0 Å². The third kappa shape index (κ3) is 2.54. The quantitative estimate of drug-likeness (QED) is 0.833. The first-order valence-corrected chi connectivity index (χ1v) is 8.28. The molecule has 4 rings (SSSR count). The Kier molecular flexibility index (Phi) is 3.88. The summed E-state index contributed by atoms with van der Waals surface area (Å²) >= 11 is 0. The van der Waals surface area contributed by atoms with Crippen molar-refractivity contribution < 1.29 is 14.3 Å². The lowest BCUT2D eigenvalue weighted by Gasteiger charge is -2.31. The molecule has 4 unspecified atom stereocenters. The molecule has 4 atom stereocenters. The second kappa shape index (κ2) is 6.01. The van der Waals surface area contributed by atoms with Crippen molar-refractivity contribution in [3.05, 3.63) is 18.7 Å². The third-order valence-electron chi connectivity index (χ3n) is 5.30. The van der Waals surface area contributed by atoms with Crippen LogP contribution in [0.1, 0.15) is 19.3 Å². The Bertz CT molecular complexity index is 519. The molecule has 120 valence electrons. The molecule has 1 aromatic rings. The highest BCUT2D eigenvalue weighted by Gasteiger charge is 2.46. The van der Waals surface area contributed by atoms with Crippen molar-refractivity contribution in [3.8, 4) is 0 Å². The second-order valence-corrected chi connectivity index (χ2v) is 6.63. The molecule has 0 bridgehead atoms. The zero-order chi connectivity index (χ0) is 14.9. The lowest BCUT2D eigenvalue weighted by atomic mass is 9.86. The average molecular weight is 305 g/mol. The van der Waals surface area contributed by atoms with Gasteiger partial charge >= 0.3 is 0 Å². The Hall–Kier alpha value is -1.40. The number of hydrogen-bond donors (Lipinski definition) is 0. The lowest BCUT2D eigenvalue weighted by Crippen LogP contribution is -2.46. The van der Waals surface area contributed by atoms with Crippen LogP contribution < -0.4 is 0 Å². The molecule has 0 aromatic carbocycles. The number of imidazole rings is 1. The van der Waals surface area contributed by atoms with Gasteiger partial charge in [-0.05, 0) is 19.3 Å². The summed E-state index contributed by atoms with van der Waals surface area (Å²) in [5.41, 5.74) is 0. The van der Waals surface area contributed by atoms with Gasteiger partial charge in [0.05, 0.1) is 19.5 Å². The second-order valence-electron chi connectivity index (χ2n) is 6.63. The first-order valence-electron chi connectivity index (χ1n) is 8.28. The van der Waals surface area contributed by atoms with Gasteiger partial charge in [-0.25, -0.2) is 4.98 Å². The van der Waals surface area contributed by atoms with Crippen molar-refractivity contribution >= 4 is 5.91 Å². The van der Waals surface area contributed by atoms with E-state index in [0.29, 0.717) is 18.4 Å². The van der Waals surface area contributed by atoms with Crippen LogP contribution in [0.4, 0.5) is 0 Å². The topological polar surface area (TPSA) is 56.6 Å². The number of likely N-dealkylation sites (tertiary alicyclic amines) is 1. The van der Waals surface area contributed by atoms with E-state index in [9.17, 15) is 4.79 Å². The zero-order valence-electron chi connectivity index (χ0n) is 12.8. The predicted octanol–water partition coefficient (Wildman–Crippen LogP) is 0.926. The number of ether oxygens (including phenoxy) is 2. The molecule has 22 heavy (non-hydrogen) atoms. The van der Waals surface area contributed by atoms with Crippen LogP contribution in [-0.2, 0) is 20.8 Å². The van der Waals surface area contributed by atoms with Gasteiger partial charge in [0.1, 0.15) is 6.10 Å². The van der Waals surface area contributed by atoms with Gasteiger partial charge < -0.3 is 18.9 Å². The zero-order valence-corrected chi connectivity index (χ0v) is 12.8. The van der Waals surface area contributed by atoms with Crippen molar-refractivity contribution in [2.24, 2.45) is 11.8 Å². The van der Waals surface area contributed by atoms with Crippen molar-refractivity contribution in [2.45, 2.75) is 38.0 Å². The largest absolute Gasteiger partial charge is 0.381 e. The Morgan fingerprint density at radius 1 is 1.32 bits per heavy atom. The van der Waals surface area contributed by atoms with Gasteiger partial charge in [0.15, 0.2) is 0 Å². The van der Waals surface area contributed by atoms with Crippen molar-refractivity contribution in [1.29, 1.82) is 0 Å². The van der Waals surface area contributed by atoms with Crippen LogP contribution in [0.5, 0.6) is 0 Å². The van der Waals surface area contributed by atoms with E-state index in [1.165, 1.54) is 0 Å². The number of fused-ring (bicyclic) bond motifs is 1. The first kappa shape index (κ1) is 14.2. The maximum Gasteiger partial charge on any atom is 0.252 e. The van der Waals surface area contributed by atoms with E-state index in [0.717, 1.165) is 45.6 Å². The minimum atomic E-state index is -0.253. The predicted molar refractivity (Wildman–Crippen MR) is 79.1 cm³/mol. The van der Waals surface area contributed by atoms with Gasteiger partial charge in [-0.1, -0.05) is 0 Å². The minimum absolute atomic E-state index is 0.192. The summed E-state index contributed by atoms with van der Waals surface area (Å²) in [6, 6.07) is 0.268. The third-order valence-corrected chi connectivity index (χ3v) is 5.30. The SMILES string of the molecule is O=C(C1OCC2COCCC21)N1CCCC1Cn1ccnc1. The molecular formula is C16H23N3O3. The monoisotopic (exact) mass is 305 g/mol. The fourth-order valence-corrected chi connectivity index (χ4v) is 4.11. The summed E-state index contributed by atoms with van der Waals surface area (Å²) in [6.45, 7) is 3.85. The number of hydrogen-bond acceptors (Lipinski definition) is 4. The van der Waals surface area contributed by atoms with Crippen LogP contribution >= 0.6 is 0 Å². The van der Waals surface area contributed by atoms with Crippen molar-refractivity contribution in [2.75, 3.05) is 26.4 Å². The smallest absolute Gasteiger partial charge is 0.252 e. The van der Waals surface area contributed by atoms with Crippen molar-refractivity contribution in [1.82, 2.24) is 14.5 Å². The molecule has 3 aliphatic heterocycles. The molecule has 3 aliphatic rings. The average Bonchev–Trinajstić information content (AvgIpc) is 3.27. The molecule has 3 saturated heterocycles. The summed E-state index contributed by atoms with van der Waals surface area (Å²) in [5.74, 6) is 0.935. The van der Waals surface area contributed by atoms with Gasteiger partial charge in [-0.15, -0.1) is 0 Å². The molecule has 0 saturated carbocycles. The number of carbonyl (C=O) groups excluding carboxylic acids is 1. The van der Waals surface area contributed by atoms with Gasteiger partial charge in [-0.3, -0.25) is 4.79 Å². The number of carbonyl (C=O) groups is 1. The van der Waals surface area contributed by atoms with E-state index in [-0.39, 0.29) is 18.1 Å². The van der Waals surface area contributed by atoms with Crippen LogP contribution in [0.3, 0.4) is 0 Å². The van der Waals surface area contributed by atoms with E-state index in [4.69, 9.17) is 9.47 Å². The molecule has 0 N–H and O–H groups in total. The Morgan fingerprint density at radius 2 is 2.27 bits per heavy atom. The van der Waals surface area contributed by atoms with Crippen LogP contribution in [0.2, 0.25) is 0 Å². The van der Waals surface area contributed by atoms with Gasteiger partial charge in [0, 0.05) is 50.0 Å². The van der Waals surface area contributed by atoms with Gasteiger partial charge in [0.2, 0.25) is 0 Å². The fourth-order valence-electron chi connectivity index (χ4n) is 4.11. The first-order chi connectivity index (χ1) is 10.8. The highest BCUT2D eigenvalue weighted by atomic mass is 16.5. The van der Waals surface area contributed by atoms with Crippen LogP contribution in [0, 0.1) is 11.8 Å². The van der Waals surface area contributed by atoms with E-state index in [2.05, 4.69) is 9.55 Å². The van der Waals surface area contributed by atoms with Crippen LogP contribution in [0.25, 0.3) is 0 Å². The lowest BCUT2D eigenvalue weighted by molar-refractivity contribution is -0.144. The van der Waals surface area contributed by atoms with E-state index in [1.54, 1.807) is 6.20 Å². The highest BCUT2D eigenvalue weighted by Crippen LogP contribution is 2.35. The fraction of sp³-hybridized carbons (Fsp3) is 0.750. The number of rotatable bonds is 3. The highest BCUT2D eigenvalue weighted by molar-refractivity contribution is 5.82. The summed E-state index contributed by atoms with van der Waals surface area (Å²) in [6.07, 6.45) is 8.40. The van der Waals surface area contributed by atoms with E-state index >= 15 is 0 Å². The summed E-state index contributed by atoms with van der Waals surface area (Å²) < 4.78 is 13.4. The number of aromatic nitrogens is 2. The minimum Gasteiger partial charge on any atom is -0.381 e. The molecule has 6 nitrogen and oxygen atoms in total. The normalized spacial score (nSPS) is 34.8. The number of nitrogens with zero attached hydrogens (tertiary/aromatic N) is 3. The summed E-state index contributed by atoms with van der Waals surface area (Å²) in [5, 5.41) is 0. The molecule has 1 aromatic heterocycles. The molecule has 0 spiro atoms. The van der Waals surface area contributed by atoms with Gasteiger partial charge in [0.25, 0.3) is 5.91 Å². The Labute approximate surface area is 130 Å². The molecule has 6 heteroatoms. The standard InChI is InChI=1S/C16H23N3O3/c20-16(15-14-3-7-21-9-12(14)10-22-15)19-5-1-2-13(19)8-18-6-4-17-11-18/h4,6,11-15H,1-3,5,7-10H2. The molecule has 0 aliphatic carbocycles. The molecule has 0 radical (unpaired) electrons. The summed E-state index contributed by atoms with van der Waals surface area (Å²) in [4.78, 5) is 19.1. The maximum atomic E-state index is 13.0. The van der Waals surface area contributed by atoms with Gasteiger partial charge in [-0.2, -0.15) is 0 Å². The van der Waals surface area contributed by atoms with E-state index in [1.807, 2.05) is 17.4 Å². The molecular weight excluding hydrogens is 282 g/mol. The molecule has 3 fully saturated rings.